The predicted molar refractivity (Wildman–Crippen MR) is 354 cm³/mol. The molecule has 0 rings (SSSR count). The highest BCUT2D eigenvalue weighted by Gasteiger charge is 2.30. The maximum absolute atomic E-state index is 13.0. The highest BCUT2D eigenvalue weighted by molar-refractivity contribution is 7.47. The maximum atomic E-state index is 13.0. The molecule has 0 aromatic rings. The molecule has 0 radical (unpaired) electrons. The number of rotatable bonds is 69. The average molecular weight is 1300 g/mol. The van der Waals surface area contributed by atoms with Crippen molar-refractivity contribution in [3.8, 4) is 0 Å². The molecule has 0 aromatic heterocycles. The van der Waals surface area contributed by atoms with Crippen LogP contribution in [0.3, 0.4) is 0 Å². The van der Waals surface area contributed by atoms with Crippen LogP contribution in [0, 0.1) is 5.92 Å². The lowest BCUT2D eigenvalue weighted by Crippen LogP contribution is -2.30. The molecule has 0 aliphatic heterocycles. The van der Waals surface area contributed by atoms with Crippen molar-refractivity contribution in [2.24, 2.45) is 5.92 Å². The fourth-order valence-electron chi connectivity index (χ4n) is 10.5. The summed E-state index contributed by atoms with van der Waals surface area (Å²) in [5.74, 6) is -1.43. The van der Waals surface area contributed by atoms with E-state index in [0.717, 1.165) is 103 Å². The van der Waals surface area contributed by atoms with E-state index in [-0.39, 0.29) is 25.7 Å². The van der Waals surface area contributed by atoms with Crippen LogP contribution in [0.15, 0.2) is 0 Å². The first kappa shape index (κ1) is 86.1. The smallest absolute Gasteiger partial charge is 0.462 e. The van der Waals surface area contributed by atoms with Gasteiger partial charge in [0.25, 0.3) is 0 Å². The van der Waals surface area contributed by atoms with E-state index in [2.05, 4.69) is 34.6 Å². The zero-order valence-corrected chi connectivity index (χ0v) is 58.6. The van der Waals surface area contributed by atoms with E-state index in [1.807, 2.05) is 0 Å². The number of carbonyl (C=O) groups excluding carboxylic acids is 4. The third-order valence-electron chi connectivity index (χ3n) is 16.0. The van der Waals surface area contributed by atoms with E-state index < -0.39 is 97.5 Å². The topological polar surface area (TPSA) is 237 Å². The first-order valence-electron chi connectivity index (χ1n) is 36.1. The van der Waals surface area contributed by atoms with E-state index in [1.165, 1.54) is 167 Å². The van der Waals surface area contributed by atoms with Gasteiger partial charge in [-0.1, -0.05) is 304 Å². The van der Waals surface area contributed by atoms with Crippen LogP contribution in [0.2, 0.25) is 0 Å². The Balaban J connectivity index is 5.18. The quantitative estimate of drug-likeness (QED) is 0.0222. The molecule has 0 amide bonds. The monoisotopic (exact) mass is 1300 g/mol. The molecule has 0 aromatic carbocycles. The molecule has 522 valence electrons. The summed E-state index contributed by atoms with van der Waals surface area (Å²) in [7, 11) is -9.89. The van der Waals surface area contributed by atoms with Crippen LogP contribution in [0.25, 0.3) is 0 Å². The van der Waals surface area contributed by atoms with Crippen molar-refractivity contribution in [1.82, 2.24) is 0 Å². The van der Waals surface area contributed by atoms with E-state index in [1.54, 1.807) is 0 Å². The van der Waals surface area contributed by atoms with Crippen LogP contribution >= 0.6 is 15.6 Å². The molecular weight excluding hydrogens is 1160 g/mol. The molecule has 2 unspecified atom stereocenters. The number of phosphoric acid groups is 2. The number of hydrogen-bond donors (Lipinski definition) is 3. The second kappa shape index (κ2) is 62.5. The summed E-state index contributed by atoms with van der Waals surface area (Å²) in [4.78, 5) is 72.3. The minimum absolute atomic E-state index is 0.103. The maximum Gasteiger partial charge on any atom is 0.472 e. The molecule has 88 heavy (non-hydrogen) atoms. The van der Waals surface area contributed by atoms with Crippen molar-refractivity contribution >= 4 is 39.5 Å². The van der Waals surface area contributed by atoms with Crippen LogP contribution < -0.4 is 0 Å². The molecular formula is C69H134O17P2. The Morgan fingerprint density at radius 3 is 0.773 bits per heavy atom. The molecule has 0 bridgehead atoms. The summed E-state index contributed by atoms with van der Waals surface area (Å²) in [5.41, 5.74) is 0. The van der Waals surface area contributed by atoms with Crippen molar-refractivity contribution in [3.05, 3.63) is 0 Å². The summed E-state index contributed by atoms with van der Waals surface area (Å²) in [6.45, 7) is 7.13. The van der Waals surface area contributed by atoms with E-state index >= 15 is 0 Å². The molecule has 0 saturated carbocycles. The van der Waals surface area contributed by atoms with E-state index in [4.69, 9.17) is 37.0 Å². The number of aliphatic hydroxyl groups is 1. The third-order valence-corrected chi connectivity index (χ3v) is 17.9. The van der Waals surface area contributed by atoms with Gasteiger partial charge in [0.05, 0.1) is 26.4 Å². The van der Waals surface area contributed by atoms with E-state index in [9.17, 15) is 43.2 Å². The average Bonchev–Trinajstić information content (AvgIpc) is 3.60. The molecule has 5 atom stereocenters. The van der Waals surface area contributed by atoms with Crippen molar-refractivity contribution in [2.45, 2.75) is 374 Å². The number of unbranched alkanes of at least 4 members (excludes halogenated alkanes) is 41. The summed E-state index contributed by atoms with van der Waals surface area (Å²) in [5, 5.41) is 10.6. The van der Waals surface area contributed by atoms with Gasteiger partial charge in [0.15, 0.2) is 12.2 Å². The van der Waals surface area contributed by atoms with Gasteiger partial charge in [-0.3, -0.25) is 37.3 Å². The van der Waals surface area contributed by atoms with Crippen LogP contribution in [0.5, 0.6) is 0 Å². The lowest BCUT2D eigenvalue weighted by atomic mass is 10.0. The lowest BCUT2D eigenvalue weighted by Gasteiger charge is -2.21. The first-order valence-corrected chi connectivity index (χ1v) is 39.1. The van der Waals surface area contributed by atoms with Gasteiger partial charge >= 0.3 is 39.5 Å². The molecule has 0 saturated heterocycles. The Kier molecular flexibility index (Phi) is 61.1. The molecule has 0 fully saturated rings. The number of aliphatic hydroxyl groups excluding tert-OH is 1. The number of hydrogen-bond acceptors (Lipinski definition) is 15. The Morgan fingerprint density at radius 1 is 0.307 bits per heavy atom. The van der Waals surface area contributed by atoms with Crippen molar-refractivity contribution in [2.75, 3.05) is 39.6 Å². The molecule has 0 spiro atoms. The fraction of sp³-hybridized carbons (Fsp3) is 0.942. The zero-order valence-electron chi connectivity index (χ0n) is 56.9. The number of ether oxygens (including phenoxy) is 4. The lowest BCUT2D eigenvalue weighted by molar-refractivity contribution is -0.161. The summed E-state index contributed by atoms with van der Waals surface area (Å²) < 4.78 is 68.1. The molecule has 0 heterocycles. The second-order valence-electron chi connectivity index (χ2n) is 25.4. The van der Waals surface area contributed by atoms with Crippen molar-refractivity contribution < 1.29 is 80.2 Å². The molecule has 0 aliphatic rings. The molecule has 19 heteroatoms. The van der Waals surface area contributed by atoms with Gasteiger partial charge < -0.3 is 33.8 Å². The van der Waals surface area contributed by atoms with Crippen LogP contribution in [0.1, 0.15) is 356 Å². The second-order valence-corrected chi connectivity index (χ2v) is 28.3. The van der Waals surface area contributed by atoms with Gasteiger partial charge in [-0.05, 0) is 31.6 Å². The normalized spacial score (nSPS) is 14.1. The highest BCUT2D eigenvalue weighted by Crippen LogP contribution is 2.45. The standard InChI is InChI=1S/C69H134O17P2/c1-6-9-12-15-18-20-22-24-25-26-27-28-30-32-34-39-44-49-54-68(73)85-65(59-80-67(72)53-48-43-38-33-31-29-23-21-19-16-13-10-7-2)61-84-88(77,78)82-57-63(70)56-81-87(75,76)83-60-64(58-79-66(71)52-47-42-36-17-14-11-8-3)86-69(74)55-50-45-40-35-37-41-46-51-62(4)5/h62-65,70H,6-61H2,1-5H3,(H,75,76)(H,77,78)/t63-,64+,65+/m0/s1. The number of esters is 4. The van der Waals surface area contributed by atoms with Gasteiger partial charge in [-0.2, -0.15) is 0 Å². The van der Waals surface area contributed by atoms with Crippen LogP contribution in [-0.4, -0.2) is 96.7 Å². The van der Waals surface area contributed by atoms with Gasteiger partial charge in [0.2, 0.25) is 0 Å². The third kappa shape index (κ3) is 62.8. The van der Waals surface area contributed by atoms with Crippen LogP contribution in [-0.2, 0) is 65.4 Å². The van der Waals surface area contributed by atoms with E-state index in [0.29, 0.717) is 31.6 Å². The number of phosphoric ester groups is 2. The zero-order chi connectivity index (χ0) is 64.9. The molecule has 17 nitrogen and oxygen atoms in total. The van der Waals surface area contributed by atoms with Gasteiger partial charge in [0, 0.05) is 25.7 Å². The Labute approximate surface area is 537 Å². The highest BCUT2D eigenvalue weighted by atomic mass is 31.2. The summed E-state index contributed by atoms with van der Waals surface area (Å²) >= 11 is 0. The summed E-state index contributed by atoms with van der Waals surface area (Å²) in [6.07, 6.45) is 48.8. The van der Waals surface area contributed by atoms with Crippen LogP contribution in [0.4, 0.5) is 0 Å². The largest absolute Gasteiger partial charge is 0.472 e. The first-order chi connectivity index (χ1) is 42.5. The predicted octanol–water partition coefficient (Wildman–Crippen LogP) is 19.7. The molecule has 3 N–H and O–H groups in total. The van der Waals surface area contributed by atoms with Gasteiger partial charge in [-0.15, -0.1) is 0 Å². The number of carbonyl (C=O) groups is 4. The summed E-state index contributed by atoms with van der Waals surface area (Å²) in [6, 6.07) is 0. The minimum Gasteiger partial charge on any atom is -0.462 e. The Bertz CT molecular complexity index is 1700. The Morgan fingerprint density at radius 2 is 0.523 bits per heavy atom. The van der Waals surface area contributed by atoms with Gasteiger partial charge in [0.1, 0.15) is 19.3 Å². The van der Waals surface area contributed by atoms with Crippen molar-refractivity contribution in [3.63, 3.8) is 0 Å². The van der Waals surface area contributed by atoms with Crippen molar-refractivity contribution in [1.29, 1.82) is 0 Å². The minimum atomic E-state index is -4.95. The Hall–Kier alpha value is -1.94. The van der Waals surface area contributed by atoms with Gasteiger partial charge in [-0.25, -0.2) is 9.13 Å². The fourth-order valence-corrected chi connectivity index (χ4v) is 12.0. The SMILES string of the molecule is CCCCCCCCCCCCCCCCCCCCC(=O)O[C@H](COC(=O)CCCCCCCCCCCCCCC)COP(=O)(O)OC[C@@H](O)COP(=O)(O)OC[C@@H](COC(=O)CCCCCCCCC)OC(=O)CCCCCCCCCC(C)C. The molecule has 0 aliphatic carbocycles.